The Bertz CT molecular complexity index is 1430. The van der Waals surface area contributed by atoms with Crippen LogP contribution in [0.4, 0.5) is 4.79 Å². The van der Waals surface area contributed by atoms with Crippen LogP contribution in [0.15, 0.2) is 18.2 Å². The summed E-state index contributed by atoms with van der Waals surface area (Å²) in [5.41, 5.74) is 1.000. The summed E-state index contributed by atoms with van der Waals surface area (Å²) in [5.74, 6) is 0.574. The third kappa shape index (κ3) is 5.63. The Labute approximate surface area is 252 Å². The van der Waals surface area contributed by atoms with Crippen molar-refractivity contribution in [3.8, 4) is 11.6 Å². The smallest absolute Gasteiger partial charge is 0.408 e. The minimum absolute atomic E-state index is 0.142. The summed E-state index contributed by atoms with van der Waals surface area (Å²) >= 11 is 0. The fourth-order valence-electron chi connectivity index (χ4n) is 6.98. The number of benzene rings is 1. The number of nitrogens with one attached hydrogen (secondary N) is 1. The summed E-state index contributed by atoms with van der Waals surface area (Å²) in [5, 5.41) is 2.88. The Hall–Kier alpha value is -3.47. The molecule has 2 aromatic rings. The van der Waals surface area contributed by atoms with Gasteiger partial charge in [0.2, 0.25) is 11.8 Å². The van der Waals surface area contributed by atoms with Crippen molar-refractivity contribution in [3.63, 3.8) is 0 Å². The molecule has 0 unspecified atom stereocenters. The molecule has 1 aromatic heterocycles. The fraction of sp³-hybridized carbons (Fsp3) is 0.656. The first-order valence-electron chi connectivity index (χ1n) is 15.4. The zero-order valence-electron chi connectivity index (χ0n) is 25.7. The predicted octanol–water partition coefficient (Wildman–Crippen LogP) is 3.85. The highest BCUT2D eigenvalue weighted by Crippen LogP contribution is 2.50. The van der Waals surface area contributed by atoms with Crippen LogP contribution in [0.3, 0.4) is 0 Å². The lowest BCUT2D eigenvalue weighted by Gasteiger charge is -2.45. The van der Waals surface area contributed by atoms with Crippen LogP contribution in [-0.4, -0.2) is 83.3 Å². The van der Waals surface area contributed by atoms with Crippen LogP contribution < -0.4 is 14.8 Å². The number of ether oxygens (including phenoxy) is 4. The molecule has 2 amide bonds. The Kier molecular flexibility index (Phi) is 7.73. The van der Waals surface area contributed by atoms with E-state index in [1.54, 1.807) is 12.0 Å². The molecule has 232 valence electrons. The summed E-state index contributed by atoms with van der Waals surface area (Å²) in [7, 11) is 1.61. The Morgan fingerprint density at radius 2 is 1.91 bits per heavy atom. The number of fused-ring (bicyclic) bond motifs is 5. The van der Waals surface area contributed by atoms with Gasteiger partial charge in [-0.05, 0) is 51.7 Å². The number of hydrogen-bond donors (Lipinski definition) is 1. The van der Waals surface area contributed by atoms with E-state index in [1.807, 2.05) is 39.0 Å². The third-order valence-electron chi connectivity index (χ3n) is 9.88. The van der Waals surface area contributed by atoms with Gasteiger partial charge in [-0.25, -0.2) is 14.8 Å². The SMILES string of the molecule is COc1ccc2nc3c(nc2c1)O[C@H]1CN(C(=O)[C@H](C2(C)COC2)NC(=O)O[C@]2(C)C[C@H]2CCCCC3)[C@H](C(C)=O)[C@@H]1C. The minimum Gasteiger partial charge on any atom is -0.497 e. The molecular weight excluding hydrogens is 552 g/mol. The second-order valence-electron chi connectivity index (χ2n) is 13.3. The maximum absolute atomic E-state index is 14.3. The van der Waals surface area contributed by atoms with E-state index < -0.39 is 35.3 Å². The number of aromatic nitrogens is 2. The Balaban J connectivity index is 1.36. The van der Waals surface area contributed by atoms with Crippen LogP contribution in [0.25, 0.3) is 11.0 Å². The molecule has 11 heteroatoms. The lowest BCUT2D eigenvalue weighted by molar-refractivity contribution is -0.158. The van der Waals surface area contributed by atoms with Gasteiger partial charge < -0.3 is 29.2 Å². The molecule has 1 aromatic carbocycles. The lowest BCUT2D eigenvalue weighted by Crippen LogP contribution is -2.64. The molecular formula is C32H42N4O7. The first-order valence-corrected chi connectivity index (χ1v) is 15.4. The zero-order chi connectivity index (χ0) is 30.5. The molecule has 1 saturated carbocycles. The van der Waals surface area contributed by atoms with Crippen molar-refractivity contribution in [1.82, 2.24) is 20.2 Å². The Morgan fingerprint density at radius 1 is 1.12 bits per heavy atom. The third-order valence-corrected chi connectivity index (χ3v) is 9.88. The van der Waals surface area contributed by atoms with Crippen LogP contribution in [0.2, 0.25) is 0 Å². The Morgan fingerprint density at radius 3 is 2.60 bits per heavy atom. The van der Waals surface area contributed by atoms with Gasteiger partial charge in [-0.15, -0.1) is 0 Å². The van der Waals surface area contributed by atoms with Crippen molar-refractivity contribution in [2.24, 2.45) is 17.3 Å². The maximum Gasteiger partial charge on any atom is 0.408 e. The number of Topliss-reactive ketones (excluding diaryl/α,β-unsaturated/α-hetero) is 1. The van der Waals surface area contributed by atoms with E-state index in [0.29, 0.717) is 36.8 Å². The summed E-state index contributed by atoms with van der Waals surface area (Å²) in [6.07, 6.45) is 4.24. The van der Waals surface area contributed by atoms with Crippen molar-refractivity contribution < 1.29 is 33.3 Å². The molecule has 0 radical (unpaired) electrons. The van der Waals surface area contributed by atoms with Gasteiger partial charge in [-0.3, -0.25) is 9.59 Å². The number of carbonyl (C=O) groups excluding carboxylic acids is 3. The maximum atomic E-state index is 14.3. The van der Waals surface area contributed by atoms with Crippen LogP contribution in [0.1, 0.15) is 65.5 Å². The summed E-state index contributed by atoms with van der Waals surface area (Å²) < 4.78 is 23.4. The number of carbonyl (C=O) groups is 3. The molecule has 4 heterocycles. The van der Waals surface area contributed by atoms with Gasteiger partial charge in [0.05, 0.1) is 43.9 Å². The first kappa shape index (κ1) is 29.6. The molecule has 3 aliphatic heterocycles. The number of hydrogen-bond acceptors (Lipinski definition) is 9. The van der Waals surface area contributed by atoms with E-state index in [-0.39, 0.29) is 30.1 Å². The summed E-state index contributed by atoms with van der Waals surface area (Å²) in [6.45, 7) is 8.09. The van der Waals surface area contributed by atoms with Crippen molar-refractivity contribution in [1.29, 1.82) is 0 Å². The van der Waals surface area contributed by atoms with Gasteiger partial charge in [-0.2, -0.15) is 0 Å². The van der Waals surface area contributed by atoms with Gasteiger partial charge in [0.1, 0.15) is 29.2 Å². The quantitative estimate of drug-likeness (QED) is 0.563. The van der Waals surface area contributed by atoms with Crippen molar-refractivity contribution in [2.45, 2.75) is 90.0 Å². The highest BCUT2D eigenvalue weighted by atomic mass is 16.6. The van der Waals surface area contributed by atoms with Gasteiger partial charge in [0, 0.05) is 23.3 Å². The molecule has 3 fully saturated rings. The molecule has 2 saturated heterocycles. The van der Waals surface area contributed by atoms with Crippen molar-refractivity contribution >= 4 is 28.8 Å². The van der Waals surface area contributed by atoms with E-state index >= 15 is 0 Å². The predicted molar refractivity (Wildman–Crippen MR) is 157 cm³/mol. The van der Waals surface area contributed by atoms with E-state index in [4.69, 9.17) is 28.9 Å². The van der Waals surface area contributed by atoms with Gasteiger partial charge in [0.15, 0.2) is 5.78 Å². The molecule has 43 heavy (non-hydrogen) atoms. The largest absolute Gasteiger partial charge is 0.497 e. The minimum atomic E-state index is -0.912. The van der Waals surface area contributed by atoms with Crippen molar-refractivity contribution in [2.75, 3.05) is 26.9 Å². The monoisotopic (exact) mass is 594 g/mol. The van der Waals surface area contributed by atoms with Crippen LogP contribution in [0.5, 0.6) is 11.6 Å². The highest BCUT2D eigenvalue weighted by Gasteiger charge is 2.56. The zero-order valence-corrected chi connectivity index (χ0v) is 25.7. The molecule has 11 nitrogen and oxygen atoms in total. The number of amides is 2. The average Bonchev–Trinajstić information content (AvgIpc) is 3.46. The van der Waals surface area contributed by atoms with Gasteiger partial charge in [-0.1, -0.05) is 26.7 Å². The fourth-order valence-corrected chi connectivity index (χ4v) is 6.98. The van der Waals surface area contributed by atoms with Crippen LogP contribution in [0, 0.1) is 17.3 Å². The molecule has 0 spiro atoms. The number of methoxy groups -OCH3 is 1. The average molecular weight is 595 g/mol. The van der Waals surface area contributed by atoms with E-state index in [0.717, 1.165) is 43.3 Å². The molecule has 4 aliphatic rings. The molecule has 6 rings (SSSR count). The standard InChI is InChI=1S/C32H42N4O7/c1-18-25-15-36(26(18)19(2)37)29(38)27(31(3)16-41-17-31)35-30(39)43-32(4)14-20(32)9-7-6-8-10-23-28(42-25)34-24-13-21(40-5)11-12-22(24)33-23/h11-13,18,20,25-27H,6-10,14-17H2,1-5H3,(H,35,39)/t18-,20-,25+,26+,27-,32-/m1/s1. The van der Waals surface area contributed by atoms with Gasteiger partial charge >= 0.3 is 6.09 Å². The molecule has 1 N–H and O–H groups in total. The first-order chi connectivity index (χ1) is 20.5. The second-order valence-corrected chi connectivity index (χ2v) is 13.3. The number of alkyl carbamates (subject to hydrolysis) is 1. The number of rotatable bonds is 3. The van der Waals surface area contributed by atoms with E-state index in [9.17, 15) is 14.4 Å². The van der Waals surface area contributed by atoms with E-state index in [1.165, 1.54) is 6.92 Å². The normalized spacial score (nSPS) is 32.6. The number of ketones is 1. The molecule has 2 bridgehead atoms. The summed E-state index contributed by atoms with van der Waals surface area (Å²) in [6, 6.07) is 3.96. The summed E-state index contributed by atoms with van der Waals surface area (Å²) in [4.78, 5) is 51.8. The van der Waals surface area contributed by atoms with Crippen LogP contribution in [-0.2, 0) is 25.5 Å². The van der Waals surface area contributed by atoms with Crippen molar-refractivity contribution in [3.05, 3.63) is 23.9 Å². The number of aryl methyl sites for hydroxylation is 1. The topological polar surface area (TPSA) is 129 Å². The molecule has 1 aliphatic carbocycles. The van der Waals surface area contributed by atoms with Crippen LogP contribution >= 0.6 is 0 Å². The van der Waals surface area contributed by atoms with E-state index in [2.05, 4.69) is 5.32 Å². The lowest BCUT2D eigenvalue weighted by atomic mass is 9.79. The molecule has 6 atom stereocenters. The van der Waals surface area contributed by atoms with Gasteiger partial charge in [0.25, 0.3) is 0 Å². The highest BCUT2D eigenvalue weighted by molar-refractivity contribution is 5.93. The second kappa shape index (κ2) is 11.2. The number of nitrogens with zero attached hydrogens (tertiary/aromatic N) is 3.